The molecule has 2 fully saturated rings. The van der Waals surface area contributed by atoms with Crippen molar-refractivity contribution >= 4 is 18.0 Å². The van der Waals surface area contributed by atoms with E-state index in [0.717, 1.165) is 44.9 Å². The molecule has 166 valence electrons. The third-order valence-corrected chi connectivity index (χ3v) is 6.02. The van der Waals surface area contributed by atoms with Gasteiger partial charge in [-0.2, -0.15) is 0 Å². The normalized spacial score (nSPS) is 25.3. The molecule has 1 aliphatic carbocycles. The maximum Gasteiger partial charge on any atom is 0.507 e. The van der Waals surface area contributed by atoms with Crippen LogP contribution < -0.4 is 5.32 Å². The summed E-state index contributed by atoms with van der Waals surface area (Å²) in [5.74, 6) is -0.277. The highest BCUT2D eigenvalue weighted by atomic mass is 16.7. The van der Waals surface area contributed by atoms with Crippen molar-refractivity contribution in [1.82, 2.24) is 10.2 Å². The van der Waals surface area contributed by atoms with E-state index in [1.807, 2.05) is 0 Å². The van der Waals surface area contributed by atoms with Gasteiger partial charge in [0.1, 0.15) is 6.04 Å². The second-order valence-corrected chi connectivity index (χ2v) is 8.12. The number of hydrogen-bond donors (Lipinski definition) is 2. The number of esters is 1. The molecular formula is C21H36N2O6. The van der Waals surface area contributed by atoms with Gasteiger partial charge in [0, 0.05) is 12.5 Å². The highest BCUT2D eigenvalue weighted by Crippen LogP contribution is 2.41. The lowest BCUT2D eigenvalue weighted by molar-refractivity contribution is -0.148. The van der Waals surface area contributed by atoms with E-state index in [1.54, 1.807) is 18.7 Å². The molecule has 8 heteroatoms. The summed E-state index contributed by atoms with van der Waals surface area (Å²) < 4.78 is 10.2. The Morgan fingerprint density at radius 2 is 1.93 bits per heavy atom. The molecule has 0 spiro atoms. The third-order valence-electron chi connectivity index (χ3n) is 6.02. The van der Waals surface area contributed by atoms with Gasteiger partial charge >= 0.3 is 12.1 Å². The summed E-state index contributed by atoms with van der Waals surface area (Å²) in [7, 11) is 0. The molecule has 1 heterocycles. The fourth-order valence-electron chi connectivity index (χ4n) is 4.66. The van der Waals surface area contributed by atoms with E-state index in [1.165, 1.54) is 0 Å². The number of amides is 1. The van der Waals surface area contributed by atoms with Crippen LogP contribution >= 0.6 is 0 Å². The van der Waals surface area contributed by atoms with Crippen molar-refractivity contribution in [1.29, 1.82) is 0 Å². The Morgan fingerprint density at radius 3 is 2.59 bits per heavy atom. The van der Waals surface area contributed by atoms with Crippen LogP contribution in [0, 0.1) is 5.92 Å². The van der Waals surface area contributed by atoms with Gasteiger partial charge in [-0.15, -0.1) is 0 Å². The van der Waals surface area contributed by atoms with Gasteiger partial charge in [0.2, 0.25) is 5.91 Å². The molecule has 2 rings (SSSR count). The third kappa shape index (κ3) is 6.32. The summed E-state index contributed by atoms with van der Waals surface area (Å²) in [6.07, 6.45) is 6.04. The number of ether oxygens (including phenoxy) is 2. The molecule has 0 bridgehead atoms. The van der Waals surface area contributed by atoms with Crippen LogP contribution in [0.25, 0.3) is 0 Å². The lowest BCUT2D eigenvalue weighted by atomic mass is 10.0. The number of fused-ring (bicyclic) bond motifs is 1. The lowest BCUT2D eigenvalue weighted by Gasteiger charge is -2.32. The first-order valence-electron chi connectivity index (χ1n) is 11.0. The van der Waals surface area contributed by atoms with Crippen LogP contribution in [-0.2, 0) is 19.1 Å². The Hall–Kier alpha value is -1.83. The zero-order chi connectivity index (χ0) is 21.4. The van der Waals surface area contributed by atoms with E-state index in [9.17, 15) is 14.4 Å². The molecule has 0 radical (unpaired) electrons. The van der Waals surface area contributed by atoms with E-state index in [-0.39, 0.29) is 23.8 Å². The molecule has 1 amide bonds. The second kappa shape index (κ2) is 11.4. The molecule has 1 saturated carbocycles. The first-order chi connectivity index (χ1) is 13.9. The monoisotopic (exact) mass is 412 g/mol. The fourth-order valence-corrected chi connectivity index (χ4v) is 4.66. The van der Waals surface area contributed by atoms with Gasteiger partial charge in [-0.1, -0.05) is 39.0 Å². The standard InChI is InChI=1S/C21H36N2O6/c1-4-6-7-8-11-16(20(25)28-5-2)22-14(3)19(24)23-17-12-9-10-15(17)13-18(23)29-21(26)27/h14-18,22H,4-13H2,1-3H3,(H,26,27)/t14-,15-,16-,17-,18-/m0/s1. The molecular weight excluding hydrogens is 376 g/mol. The maximum atomic E-state index is 13.2. The molecule has 8 nitrogen and oxygen atoms in total. The van der Waals surface area contributed by atoms with Crippen molar-refractivity contribution in [2.75, 3.05) is 6.61 Å². The predicted molar refractivity (Wildman–Crippen MR) is 107 cm³/mol. The topological polar surface area (TPSA) is 105 Å². The molecule has 1 saturated heterocycles. The Balaban J connectivity index is 2.03. The van der Waals surface area contributed by atoms with Crippen molar-refractivity contribution in [2.24, 2.45) is 5.92 Å². The first-order valence-corrected chi connectivity index (χ1v) is 11.0. The van der Waals surface area contributed by atoms with Crippen LogP contribution in [-0.4, -0.2) is 59.0 Å². The molecule has 2 aliphatic rings. The molecule has 0 unspecified atom stereocenters. The quantitative estimate of drug-likeness (QED) is 0.396. The number of carbonyl (C=O) groups is 3. The highest BCUT2D eigenvalue weighted by Gasteiger charge is 2.48. The Labute approximate surface area is 173 Å². The van der Waals surface area contributed by atoms with Gasteiger partial charge < -0.3 is 19.5 Å². The molecule has 2 N–H and O–H groups in total. The van der Waals surface area contributed by atoms with Gasteiger partial charge in [0.15, 0.2) is 6.23 Å². The summed E-state index contributed by atoms with van der Waals surface area (Å²) >= 11 is 0. The minimum atomic E-state index is -1.37. The molecule has 1 aliphatic heterocycles. The maximum absolute atomic E-state index is 13.2. The minimum Gasteiger partial charge on any atom is -0.465 e. The number of unbranched alkanes of at least 4 members (excludes halogenated alkanes) is 3. The number of nitrogens with zero attached hydrogens (tertiary/aromatic N) is 1. The van der Waals surface area contributed by atoms with Crippen LogP contribution in [0.2, 0.25) is 0 Å². The van der Waals surface area contributed by atoms with Crippen LogP contribution in [0.15, 0.2) is 0 Å². The van der Waals surface area contributed by atoms with Crippen molar-refractivity contribution in [3.05, 3.63) is 0 Å². The van der Waals surface area contributed by atoms with E-state index in [2.05, 4.69) is 12.2 Å². The summed E-state index contributed by atoms with van der Waals surface area (Å²) in [5, 5.41) is 12.2. The number of rotatable bonds is 11. The summed E-state index contributed by atoms with van der Waals surface area (Å²) in [5.41, 5.74) is 0. The number of nitrogens with one attached hydrogen (secondary N) is 1. The van der Waals surface area contributed by atoms with Gasteiger partial charge in [-0.3, -0.25) is 14.9 Å². The van der Waals surface area contributed by atoms with Crippen LogP contribution in [0.1, 0.15) is 78.6 Å². The number of carboxylic acid groups (broad SMARTS) is 1. The van der Waals surface area contributed by atoms with E-state index >= 15 is 0 Å². The largest absolute Gasteiger partial charge is 0.507 e. The number of carbonyl (C=O) groups excluding carboxylic acids is 2. The van der Waals surface area contributed by atoms with Gasteiger partial charge in [-0.25, -0.2) is 4.79 Å². The summed E-state index contributed by atoms with van der Waals surface area (Å²) in [6, 6.07) is -1.16. The van der Waals surface area contributed by atoms with E-state index < -0.39 is 24.5 Å². The predicted octanol–water partition coefficient (Wildman–Crippen LogP) is 3.29. The zero-order valence-corrected chi connectivity index (χ0v) is 17.9. The summed E-state index contributed by atoms with van der Waals surface area (Å²) in [6.45, 7) is 5.90. The number of likely N-dealkylation sites (tertiary alicyclic amines) is 1. The van der Waals surface area contributed by atoms with Crippen molar-refractivity contribution in [3.8, 4) is 0 Å². The molecule has 29 heavy (non-hydrogen) atoms. The molecule has 0 aromatic rings. The van der Waals surface area contributed by atoms with Gasteiger partial charge in [-0.05, 0) is 39.0 Å². The Morgan fingerprint density at radius 1 is 1.17 bits per heavy atom. The highest BCUT2D eigenvalue weighted by molar-refractivity contribution is 5.84. The average molecular weight is 413 g/mol. The lowest BCUT2D eigenvalue weighted by Crippen LogP contribution is -2.54. The Bertz CT molecular complexity index is 569. The minimum absolute atomic E-state index is 0.0155. The second-order valence-electron chi connectivity index (χ2n) is 8.12. The van der Waals surface area contributed by atoms with E-state index in [4.69, 9.17) is 14.6 Å². The fraction of sp³-hybridized carbons (Fsp3) is 0.857. The average Bonchev–Trinajstić information content (AvgIpc) is 3.23. The van der Waals surface area contributed by atoms with Crippen molar-refractivity contribution < 1.29 is 29.0 Å². The zero-order valence-electron chi connectivity index (χ0n) is 17.9. The van der Waals surface area contributed by atoms with Crippen molar-refractivity contribution in [3.63, 3.8) is 0 Å². The Kier molecular flexibility index (Phi) is 9.20. The SMILES string of the molecule is CCCCCC[C@H](N[C@@H](C)C(=O)N1[C@@H](OC(=O)O)C[C@@H]2CCC[C@@H]21)C(=O)OCC. The molecule has 5 atom stereocenters. The molecule has 0 aromatic carbocycles. The van der Waals surface area contributed by atoms with Crippen LogP contribution in [0.4, 0.5) is 4.79 Å². The smallest absolute Gasteiger partial charge is 0.465 e. The van der Waals surface area contributed by atoms with Crippen molar-refractivity contribution in [2.45, 2.75) is 103 Å². The van der Waals surface area contributed by atoms with Crippen LogP contribution in [0.5, 0.6) is 0 Å². The number of hydrogen-bond acceptors (Lipinski definition) is 6. The first kappa shape index (κ1) is 23.4. The van der Waals surface area contributed by atoms with Gasteiger partial charge in [0.25, 0.3) is 0 Å². The van der Waals surface area contributed by atoms with E-state index in [0.29, 0.717) is 19.4 Å². The van der Waals surface area contributed by atoms with Gasteiger partial charge in [0.05, 0.1) is 12.6 Å². The van der Waals surface area contributed by atoms with Crippen LogP contribution in [0.3, 0.4) is 0 Å². The molecule has 0 aromatic heterocycles. The summed E-state index contributed by atoms with van der Waals surface area (Å²) in [4.78, 5) is 38.3.